The number of halogens is 1. The Morgan fingerprint density at radius 3 is 2.37 bits per heavy atom. The van der Waals surface area contributed by atoms with Crippen LogP contribution in [-0.4, -0.2) is 35.6 Å². The fraction of sp³-hybridized carbons (Fsp3) is 0.333. The summed E-state index contributed by atoms with van der Waals surface area (Å²) in [5, 5.41) is 3.27. The van der Waals surface area contributed by atoms with Gasteiger partial charge < -0.3 is 10.2 Å². The van der Waals surface area contributed by atoms with Gasteiger partial charge in [-0.1, -0.05) is 54.1 Å². The summed E-state index contributed by atoms with van der Waals surface area (Å²) in [5.74, 6) is 1.39. The molecular formula is C21H25ClN2O2S. The van der Waals surface area contributed by atoms with Gasteiger partial charge in [0.25, 0.3) is 0 Å². The fourth-order valence-electron chi connectivity index (χ4n) is 2.65. The van der Waals surface area contributed by atoms with E-state index in [2.05, 4.69) is 17.4 Å². The van der Waals surface area contributed by atoms with E-state index in [0.29, 0.717) is 23.7 Å². The average Bonchev–Trinajstić information content (AvgIpc) is 2.70. The van der Waals surface area contributed by atoms with Crippen LogP contribution < -0.4 is 5.32 Å². The molecule has 0 radical (unpaired) electrons. The molecule has 0 aromatic heterocycles. The molecule has 4 nitrogen and oxygen atoms in total. The number of hydrogen-bond acceptors (Lipinski definition) is 3. The largest absolute Gasteiger partial charge is 0.357 e. The van der Waals surface area contributed by atoms with Gasteiger partial charge >= 0.3 is 0 Å². The van der Waals surface area contributed by atoms with E-state index in [9.17, 15) is 9.59 Å². The standard InChI is InChI=1S/C21H25ClN2O2S/c1-16(21(26)23-2)24(14-17-8-10-19(22)11-9-17)20(25)12-13-27-15-18-6-4-3-5-7-18/h3-11,16H,12-15H2,1-2H3,(H,23,26)/t16-/m0/s1. The van der Waals surface area contributed by atoms with E-state index in [1.54, 1.807) is 42.8 Å². The second-order valence-electron chi connectivity index (χ2n) is 6.23. The van der Waals surface area contributed by atoms with E-state index in [1.807, 2.05) is 30.3 Å². The first-order chi connectivity index (χ1) is 13.0. The highest BCUT2D eigenvalue weighted by Crippen LogP contribution is 2.17. The predicted molar refractivity (Wildman–Crippen MR) is 113 cm³/mol. The molecule has 0 aliphatic heterocycles. The number of carbonyl (C=O) groups is 2. The zero-order chi connectivity index (χ0) is 19.6. The van der Waals surface area contributed by atoms with Crippen LogP contribution in [-0.2, 0) is 21.9 Å². The molecule has 2 aromatic rings. The lowest BCUT2D eigenvalue weighted by Crippen LogP contribution is -2.46. The third-order valence-electron chi connectivity index (χ3n) is 4.25. The Bertz CT molecular complexity index is 738. The first kappa shape index (κ1) is 21.3. The predicted octanol–water partition coefficient (Wildman–Crippen LogP) is 4.13. The Morgan fingerprint density at radius 1 is 1.07 bits per heavy atom. The highest BCUT2D eigenvalue weighted by molar-refractivity contribution is 7.98. The van der Waals surface area contributed by atoms with Crippen molar-refractivity contribution in [1.29, 1.82) is 0 Å². The molecule has 0 fully saturated rings. The number of thioether (sulfide) groups is 1. The molecule has 0 saturated carbocycles. The number of nitrogens with one attached hydrogen (secondary N) is 1. The quantitative estimate of drug-likeness (QED) is 0.639. The molecule has 2 amide bonds. The Hall–Kier alpha value is -1.98. The molecule has 0 unspecified atom stereocenters. The van der Waals surface area contributed by atoms with Gasteiger partial charge in [-0.05, 0) is 30.2 Å². The van der Waals surface area contributed by atoms with Crippen molar-refractivity contribution >= 4 is 35.2 Å². The Balaban J connectivity index is 1.95. The van der Waals surface area contributed by atoms with Crippen molar-refractivity contribution in [3.05, 3.63) is 70.7 Å². The van der Waals surface area contributed by atoms with Crippen LogP contribution in [0.4, 0.5) is 0 Å². The van der Waals surface area contributed by atoms with Crippen molar-refractivity contribution in [2.45, 2.75) is 31.7 Å². The lowest BCUT2D eigenvalue weighted by Gasteiger charge is -2.28. The molecule has 6 heteroatoms. The van der Waals surface area contributed by atoms with Crippen LogP contribution in [0.15, 0.2) is 54.6 Å². The second kappa shape index (κ2) is 11.0. The van der Waals surface area contributed by atoms with Gasteiger partial charge in [-0.3, -0.25) is 9.59 Å². The van der Waals surface area contributed by atoms with Crippen molar-refractivity contribution in [1.82, 2.24) is 10.2 Å². The third kappa shape index (κ3) is 6.92. The molecule has 0 spiro atoms. The molecule has 0 bridgehead atoms. The maximum Gasteiger partial charge on any atom is 0.242 e. The van der Waals surface area contributed by atoms with Crippen LogP contribution in [0.5, 0.6) is 0 Å². The van der Waals surface area contributed by atoms with E-state index in [4.69, 9.17) is 11.6 Å². The number of likely N-dealkylation sites (N-methyl/N-ethyl adjacent to an activating group) is 1. The highest BCUT2D eigenvalue weighted by Gasteiger charge is 2.25. The van der Waals surface area contributed by atoms with E-state index in [0.717, 1.165) is 11.3 Å². The number of rotatable bonds is 9. The number of nitrogens with zero attached hydrogens (tertiary/aromatic N) is 1. The van der Waals surface area contributed by atoms with Crippen molar-refractivity contribution in [3.63, 3.8) is 0 Å². The van der Waals surface area contributed by atoms with Gasteiger partial charge in [0.15, 0.2) is 0 Å². The number of carbonyl (C=O) groups excluding carboxylic acids is 2. The van der Waals surface area contributed by atoms with Crippen LogP contribution in [0, 0.1) is 0 Å². The summed E-state index contributed by atoms with van der Waals surface area (Å²) < 4.78 is 0. The van der Waals surface area contributed by atoms with E-state index < -0.39 is 6.04 Å². The van der Waals surface area contributed by atoms with Gasteiger partial charge in [-0.15, -0.1) is 0 Å². The fourth-order valence-corrected chi connectivity index (χ4v) is 3.66. The van der Waals surface area contributed by atoms with E-state index in [1.165, 1.54) is 5.56 Å². The second-order valence-corrected chi connectivity index (χ2v) is 7.77. The SMILES string of the molecule is CNC(=O)[C@H](C)N(Cc1ccc(Cl)cc1)C(=O)CCSCc1ccccc1. The normalized spacial score (nSPS) is 11.7. The monoisotopic (exact) mass is 404 g/mol. The molecule has 1 atom stereocenters. The maximum absolute atomic E-state index is 12.8. The molecule has 27 heavy (non-hydrogen) atoms. The van der Waals surface area contributed by atoms with Crippen molar-refractivity contribution in [3.8, 4) is 0 Å². The highest BCUT2D eigenvalue weighted by atomic mass is 35.5. The summed E-state index contributed by atoms with van der Waals surface area (Å²) in [7, 11) is 1.58. The Morgan fingerprint density at radius 2 is 1.74 bits per heavy atom. The maximum atomic E-state index is 12.8. The van der Waals surface area contributed by atoms with E-state index in [-0.39, 0.29) is 11.8 Å². The van der Waals surface area contributed by atoms with Crippen molar-refractivity contribution in [2.75, 3.05) is 12.8 Å². The lowest BCUT2D eigenvalue weighted by atomic mass is 10.1. The molecule has 144 valence electrons. The van der Waals surface area contributed by atoms with Gasteiger partial charge in [0.05, 0.1) is 0 Å². The summed E-state index contributed by atoms with van der Waals surface area (Å²) >= 11 is 7.65. The van der Waals surface area contributed by atoms with Crippen LogP contribution in [0.1, 0.15) is 24.5 Å². The van der Waals surface area contributed by atoms with Crippen molar-refractivity contribution in [2.24, 2.45) is 0 Å². The molecular weight excluding hydrogens is 380 g/mol. The summed E-state index contributed by atoms with van der Waals surface area (Å²) in [6, 6.07) is 17.0. The Kier molecular flexibility index (Phi) is 8.69. The number of benzene rings is 2. The van der Waals surface area contributed by atoms with Gasteiger partial charge in [-0.25, -0.2) is 0 Å². The molecule has 0 aliphatic carbocycles. The molecule has 0 saturated heterocycles. The van der Waals surface area contributed by atoms with Gasteiger partial charge in [0.2, 0.25) is 11.8 Å². The number of amides is 2. The van der Waals surface area contributed by atoms with Crippen LogP contribution >= 0.6 is 23.4 Å². The van der Waals surface area contributed by atoms with Crippen molar-refractivity contribution < 1.29 is 9.59 Å². The average molecular weight is 405 g/mol. The molecule has 0 heterocycles. The molecule has 2 aromatic carbocycles. The van der Waals surface area contributed by atoms with Gasteiger partial charge in [-0.2, -0.15) is 11.8 Å². The zero-order valence-electron chi connectivity index (χ0n) is 15.7. The first-order valence-electron chi connectivity index (χ1n) is 8.88. The van der Waals surface area contributed by atoms with Crippen LogP contribution in [0.3, 0.4) is 0 Å². The minimum Gasteiger partial charge on any atom is -0.357 e. The third-order valence-corrected chi connectivity index (χ3v) is 5.53. The summed E-state index contributed by atoms with van der Waals surface area (Å²) in [6.45, 7) is 2.14. The van der Waals surface area contributed by atoms with Gasteiger partial charge in [0.1, 0.15) is 6.04 Å². The summed E-state index contributed by atoms with van der Waals surface area (Å²) in [5.41, 5.74) is 2.19. The number of hydrogen-bond donors (Lipinski definition) is 1. The van der Waals surface area contributed by atoms with Crippen LogP contribution in [0.25, 0.3) is 0 Å². The zero-order valence-corrected chi connectivity index (χ0v) is 17.2. The summed E-state index contributed by atoms with van der Waals surface area (Å²) in [6.07, 6.45) is 0.395. The molecule has 2 rings (SSSR count). The first-order valence-corrected chi connectivity index (χ1v) is 10.4. The lowest BCUT2D eigenvalue weighted by molar-refractivity contribution is -0.140. The minimum absolute atomic E-state index is 0.0263. The van der Waals surface area contributed by atoms with Gasteiger partial charge in [0, 0.05) is 36.5 Å². The topological polar surface area (TPSA) is 49.4 Å². The summed E-state index contributed by atoms with van der Waals surface area (Å²) in [4.78, 5) is 26.5. The smallest absolute Gasteiger partial charge is 0.242 e. The van der Waals surface area contributed by atoms with Crippen LogP contribution in [0.2, 0.25) is 5.02 Å². The Labute approximate surface area is 170 Å². The molecule has 1 N–H and O–H groups in total. The minimum atomic E-state index is -0.530. The van der Waals surface area contributed by atoms with E-state index >= 15 is 0 Å². The molecule has 0 aliphatic rings.